The average molecular weight is 552 g/mol. The van der Waals surface area contributed by atoms with E-state index in [9.17, 15) is 9.59 Å². The lowest BCUT2D eigenvalue weighted by Crippen LogP contribution is -2.47. The summed E-state index contributed by atoms with van der Waals surface area (Å²) in [6, 6.07) is 0. The van der Waals surface area contributed by atoms with Crippen molar-refractivity contribution < 1.29 is 14.3 Å². The molecule has 0 saturated carbocycles. The number of ether oxygens (including phenoxy) is 1. The number of carbonyl (C=O) groups excluding carboxylic acids is 2. The number of hydrogen-bond acceptors (Lipinski definition) is 4. The number of aliphatic imine (C=N–C) groups is 1. The van der Waals surface area contributed by atoms with Gasteiger partial charge in [0, 0.05) is 52.7 Å². The third-order valence-corrected chi connectivity index (χ3v) is 5.67. The smallest absolute Gasteiger partial charge is 0.410 e. The average Bonchev–Trinajstić information content (AvgIpc) is 2.70. The van der Waals surface area contributed by atoms with Crippen LogP contribution in [-0.2, 0) is 9.53 Å². The van der Waals surface area contributed by atoms with E-state index in [1.165, 1.54) is 0 Å². The molecular weight excluding hydrogens is 509 g/mol. The number of hydrogen-bond donors (Lipinski definition) is 2. The number of nitrogens with one attached hydrogen (secondary N) is 2. The number of guanidine groups is 1. The maximum absolute atomic E-state index is 12.4. The maximum atomic E-state index is 12.4. The minimum absolute atomic E-state index is 0. The molecule has 0 spiro atoms. The van der Waals surface area contributed by atoms with Gasteiger partial charge in [0.1, 0.15) is 5.60 Å². The Balaban J connectivity index is 0.00000480. The molecule has 2 aliphatic rings. The first-order valence-corrected chi connectivity index (χ1v) is 11.4. The van der Waals surface area contributed by atoms with Crippen molar-refractivity contribution >= 4 is 41.9 Å². The lowest BCUT2D eigenvalue weighted by molar-refractivity contribution is -0.121. The fourth-order valence-corrected chi connectivity index (χ4v) is 4.06. The van der Waals surface area contributed by atoms with Gasteiger partial charge in [-0.1, -0.05) is 0 Å². The van der Waals surface area contributed by atoms with E-state index >= 15 is 0 Å². The van der Waals surface area contributed by atoms with Crippen LogP contribution in [0.4, 0.5) is 4.79 Å². The Kier molecular flexibility index (Phi) is 11.9. The summed E-state index contributed by atoms with van der Waals surface area (Å²) in [7, 11) is 1.70. The van der Waals surface area contributed by atoms with Crippen LogP contribution >= 0.6 is 24.0 Å². The Hall–Kier alpha value is -1.26. The molecule has 2 rings (SSSR count). The molecule has 0 radical (unpaired) electrons. The van der Waals surface area contributed by atoms with Gasteiger partial charge < -0.3 is 25.2 Å². The van der Waals surface area contributed by atoms with Gasteiger partial charge >= 0.3 is 6.09 Å². The van der Waals surface area contributed by atoms with Crippen molar-refractivity contribution in [2.24, 2.45) is 16.8 Å². The Morgan fingerprint density at radius 1 is 1.06 bits per heavy atom. The van der Waals surface area contributed by atoms with E-state index in [1.54, 1.807) is 7.05 Å². The molecule has 0 aromatic rings. The molecule has 2 amide bonds. The summed E-state index contributed by atoms with van der Waals surface area (Å²) in [6.45, 7) is 12.6. The summed E-state index contributed by atoms with van der Waals surface area (Å²) in [5, 5.41) is 6.14. The van der Waals surface area contributed by atoms with Crippen molar-refractivity contribution in [1.82, 2.24) is 20.4 Å². The maximum Gasteiger partial charge on any atom is 0.410 e. The zero-order valence-corrected chi connectivity index (χ0v) is 22.2. The molecule has 0 aromatic heterocycles. The van der Waals surface area contributed by atoms with Crippen molar-refractivity contribution in [1.29, 1.82) is 0 Å². The van der Waals surface area contributed by atoms with E-state index in [4.69, 9.17) is 9.73 Å². The molecule has 2 fully saturated rings. The Morgan fingerprint density at radius 2 is 1.74 bits per heavy atom. The van der Waals surface area contributed by atoms with Crippen LogP contribution in [0.1, 0.15) is 59.8 Å². The molecule has 180 valence electrons. The van der Waals surface area contributed by atoms with Gasteiger partial charge in [-0.3, -0.25) is 9.79 Å². The van der Waals surface area contributed by atoms with E-state index in [0.717, 1.165) is 57.8 Å². The summed E-state index contributed by atoms with van der Waals surface area (Å²) in [5.74, 6) is 1.88. The Bertz CT molecular complexity index is 600. The van der Waals surface area contributed by atoms with Crippen LogP contribution in [0, 0.1) is 11.8 Å². The molecule has 1 atom stereocenters. The molecule has 1 unspecified atom stereocenters. The van der Waals surface area contributed by atoms with Gasteiger partial charge in [-0.25, -0.2) is 4.79 Å². The first-order valence-electron chi connectivity index (χ1n) is 11.4. The third-order valence-electron chi connectivity index (χ3n) is 5.67. The molecule has 0 aliphatic carbocycles. The largest absolute Gasteiger partial charge is 0.444 e. The fourth-order valence-electron chi connectivity index (χ4n) is 4.06. The predicted molar refractivity (Wildman–Crippen MR) is 135 cm³/mol. The van der Waals surface area contributed by atoms with Crippen molar-refractivity contribution in [3.8, 4) is 0 Å². The van der Waals surface area contributed by atoms with E-state index < -0.39 is 5.60 Å². The molecule has 31 heavy (non-hydrogen) atoms. The second-order valence-electron chi connectivity index (χ2n) is 9.44. The SMILES string of the molecule is CCNC(=NCC1CCCN(C(=O)OC(C)(C)C)C1)N1CCC(CC(=O)NC)CC1.I. The molecule has 2 heterocycles. The highest BCUT2D eigenvalue weighted by atomic mass is 127. The van der Waals surface area contributed by atoms with E-state index in [2.05, 4.69) is 22.5 Å². The minimum atomic E-state index is -0.468. The summed E-state index contributed by atoms with van der Waals surface area (Å²) in [6.07, 6.45) is 4.47. The third kappa shape index (κ3) is 9.82. The van der Waals surface area contributed by atoms with Crippen molar-refractivity contribution in [3.63, 3.8) is 0 Å². The van der Waals surface area contributed by atoms with Crippen molar-refractivity contribution in [2.75, 3.05) is 46.3 Å². The summed E-state index contributed by atoms with van der Waals surface area (Å²) >= 11 is 0. The van der Waals surface area contributed by atoms with Gasteiger partial charge in [0.15, 0.2) is 5.96 Å². The normalized spacial score (nSPS) is 20.7. The molecule has 2 aliphatic heterocycles. The minimum Gasteiger partial charge on any atom is -0.444 e. The predicted octanol–water partition coefficient (Wildman–Crippen LogP) is 3.07. The highest BCUT2D eigenvalue weighted by Gasteiger charge is 2.28. The molecule has 0 aromatic carbocycles. The molecular formula is C22H42IN5O3. The van der Waals surface area contributed by atoms with E-state index in [-0.39, 0.29) is 36.0 Å². The van der Waals surface area contributed by atoms with Crippen LogP contribution < -0.4 is 10.6 Å². The Labute approximate surface area is 204 Å². The van der Waals surface area contributed by atoms with E-state index in [1.807, 2.05) is 25.7 Å². The van der Waals surface area contributed by atoms with Crippen LogP contribution in [0.2, 0.25) is 0 Å². The van der Waals surface area contributed by atoms with Crippen molar-refractivity contribution in [2.45, 2.75) is 65.4 Å². The van der Waals surface area contributed by atoms with E-state index in [0.29, 0.717) is 31.3 Å². The highest BCUT2D eigenvalue weighted by Crippen LogP contribution is 2.22. The number of amides is 2. The van der Waals surface area contributed by atoms with Crippen LogP contribution in [0.3, 0.4) is 0 Å². The number of nitrogens with zero attached hydrogens (tertiary/aromatic N) is 3. The number of halogens is 1. The van der Waals surface area contributed by atoms with Crippen LogP contribution in [-0.4, -0.2) is 79.7 Å². The molecule has 0 bridgehead atoms. The first kappa shape index (κ1) is 27.8. The van der Waals surface area contributed by atoms with Gasteiger partial charge in [0.05, 0.1) is 0 Å². The number of piperidine rings is 2. The van der Waals surface area contributed by atoms with Gasteiger partial charge in [-0.15, -0.1) is 24.0 Å². The summed E-state index contributed by atoms with van der Waals surface area (Å²) < 4.78 is 5.53. The summed E-state index contributed by atoms with van der Waals surface area (Å²) in [5.41, 5.74) is -0.468. The molecule has 2 N–H and O–H groups in total. The number of rotatable bonds is 5. The summed E-state index contributed by atoms with van der Waals surface area (Å²) in [4.78, 5) is 33.1. The van der Waals surface area contributed by atoms with Crippen LogP contribution in [0.15, 0.2) is 4.99 Å². The van der Waals surface area contributed by atoms with Gasteiger partial charge in [0.25, 0.3) is 0 Å². The lowest BCUT2D eigenvalue weighted by Gasteiger charge is -2.35. The van der Waals surface area contributed by atoms with Gasteiger partial charge in [0.2, 0.25) is 5.91 Å². The zero-order valence-electron chi connectivity index (χ0n) is 19.9. The topological polar surface area (TPSA) is 86.3 Å². The van der Waals surface area contributed by atoms with Crippen LogP contribution in [0.25, 0.3) is 0 Å². The first-order chi connectivity index (χ1) is 14.2. The zero-order chi connectivity index (χ0) is 22.1. The molecule has 2 saturated heterocycles. The fraction of sp³-hybridized carbons (Fsp3) is 0.864. The second-order valence-corrected chi connectivity index (χ2v) is 9.44. The highest BCUT2D eigenvalue weighted by molar-refractivity contribution is 14.0. The number of likely N-dealkylation sites (tertiary alicyclic amines) is 2. The monoisotopic (exact) mass is 551 g/mol. The molecule has 9 heteroatoms. The van der Waals surface area contributed by atoms with Gasteiger partial charge in [-0.2, -0.15) is 0 Å². The van der Waals surface area contributed by atoms with Crippen LogP contribution in [0.5, 0.6) is 0 Å². The lowest BCUT2D eigenvalue weighted by atomic mass is 9.93. The number of carbonyl (C=O) groups is 2. The Morgan fingerprint density at radius 3 is 2.32 bits per heavy atom. The standard InChI is InChI=1S/C22H41N5O3.HI/c1-6-24-20(26-12-9-17(10-13-26)14-19(28)23-5)25-15-18-8-7-11-27(16-18)21(29)30-22(2,3)4;/h17-18H,6-16H2,1-5H3,(H,23,28)(H,24,25);1H. The molecule has 8 nitrogen and oxygen atoms in total. The van der Waals surface area contributed by atoms with Crippen molar-refractivity contribution in [3.05, 3.63) is 0 Å². The quantitative estimate of drug-likeness (QED) is 0.312. The second kappa shape index (κ2) is 13.3. The van der Waals surface area contributed by atoms with Gasteiger partial charge in [-0.05, 0) is 65.2 Å².